The van der Waals surface area contributed by atoms with Crippen molar-refractivity contribution >= 4 is 21.6 Å². The lowest BCUT2D eigenvalue weighted by Crippen LogP contribution is -2.35. The molecule has 1 aliphatic heterocycles. The molecule has 1 fully saturated rings. The van der Waals surface area contributed by atoms with Crippen LogP contribution in [0.15, 0.2) is 47.4 Å². The van der Waals surface area contributed by atoms with Crippen LogP contribution >= 0.6 is 0 Å². The molecule has 9 heteroatoms. The maximum absolute atomic E-state index is 12.8. The summed E-state index contributed by atoms with van der Waals surface area (Å²) in [5, 5.41) is 2.48. The Morgan fingerprint density at radius 2 is 1.77 bits per heavy atom. The lowest BCUT2D eigenvalue weighted by Gasteiger charge is -2.29. The molecule has 0 aliphatic carbocycles. The van der Waals surface area contributed by atoms with E-state index < -0.39 is 15.9 Å². The number of carbonyl (C=O) groups is 1. The largest absolute Gasteiger partial charge is 0.496 e. The number of anilines is 1. The van der Waals surface area contributed by atoms with Crippen LogP contribution < -0.4 is 19.5 Å². The quantitative estimate of drug-likeness (QED) is 0.696. The average molecular weight is 434 g/mol. The molecule has 8 nitrogen and oxygen atoms in total. The summed E-state index contributed by atoms with van der Waals surface area (Å²) in [6.45, 7) is 2.00. The molecule has 2 aromatic carbocycles. The van der Waals surface area contributed by atoms with Gasteiger partial charge in [-0.1, -0.05) is 0 Å². The molecule has 162 valence electrons. The number of benzene rings is 2. The van der Waals surface area contributed by atoms with Gasteiger partial charge in [0.15, 0.2) is 0 Å². The molecule has 0 saturated carbocycles. The zero-order valence-corrected chi connectivity index (χ0v) is 18.2. The van der Waals surface area contributed by atoms with Crippen LogP contribution in [0.25, 0.3) is 0 Å². The minimum Gasteiger partial charge on any atom is -0.496 e. The van der Waals surface area contributed by atoms with E-state index in [0.29, 0.717) is 17.2 Å². The summed E-state index contributed by atoms with van der Waals surface area (Å²) in [7, 11) is 1.10. The third kappa shape index (κ3) is 5.22. The topological polar surface area (TPSA) is 97.0 Å². The number of hydrogen-bond acceptors (Lipinski definition) is 6. The van der Waals surface area contributed by atoms with E-state index in [0.717, 1.165) is 25.9 Å². The smallest absolute Gasteiger partial charge is 0.261 e. The van der Waals surface area contributed by atoms with Crippen molar-refractivity contribution in [1.29, 1.82) is 0 Å². The molecule has 1 heterocycles. The molecule has 0 bridgehead atoms. The highest BCUT2D eigenvalue weighted by atomic mass is 32.2. The average Bonchev–Trinajstić information content (AvgIpc) is 2.75. The van der Waals surface area contributed by atoms with Crippen molar-refractivity contribution in [3.63, 3.8) is 0 Å². The first kappa shape index (κ1) is 21.9. The molecule has 0 aromatic heterocycles. The molecule has 1 saturated heterocycles. The van der Waals surface area contributed by atoms with E-state index in [1.54, 1.807) is 24.3 Å². The zero-order valence-electron chi connectivity index (χ0n) is 17.3. The first-order valence-electron chi connectivity index (χ1n) is 9.70. The Labute approximate surface area is 177 Å². The zero-order chi connectivity index (χ0) is 21.7. The molecule has 0 unspecified atom stereocenters. The number of nitrogens with one attached hydrogen (secondary N) is 2. The molecule has 3 rings (SSSR count). The molecule has 0 radical (unpaired) electrons. The second-order valence-corrected chi connectivity index (χ2v) is 8.87. The first-order chi connectivity index (χ1) is 14.3. The maximum Gasteiger partial charge on any atom is 0.261 e. The number of likely N-dealkylation sites (tertiary alicyclic amines) is 1. The van der Waals surface area contributed by atoms with Crippen LogP contribution in [-0.2, 0) is 10.0 Å². The van der Waals surface area contributed by atoms with Crippen molar-refractivity contribution in [3.8, 4) is 11.5 Å². The highest BCUT2D eigenvalue weighted by Crippen LogP contribution is 2.25. The predicted octanol–water partition coefficient (Wildman–Crippen LogP) is 2.33. The van der Waals surface area contributed by atoms with E-state index in [-0.39, 0.29) is 16.6 Å². The van der Waals surface area contributed by atoms with E-state index >= 15 is 0 Å². The summed E-state index contributed by atoms with van der Waals surface area (Å²) >= 11 is 0. The van der Waals surface area contributed by atoms with Gasteiger partial charge < -0.3 is 19.7 Å². The monoisotopic (exact) mass is 433 g/mol. The normalized spacial score (nSPS) is 15.4. The fraction of sp³-hybridized carbons (Fsp3) is 0.381. The fourth-order valence-corrected chi connectivity index (χ4v) is 4.36. The van der Waals surface area contributed by atoms with Crippen LogP contribution in [0.2, 0.25) is 0 Å². The van der Waals surface area contributed by atoms with Crippen LogP contribution in [0.3, 0.4) is 0 Å². The van der Waals surface area contributed by atoms with E-state index in [1.807, 2.05) is 0 Å². The molecular formula is C21H27N3O5S. The van der Waals surface area contributed by atoms with Gasteiger partial charge in [-0.25, -0.2) is 8.42 Å². The number of hydrogen-bond donors (Lipinski definition) is 2. The highest BCUT2D eigenvalue weighted by molar-refractivity contribution is 7.92. The van der Waals surface area contributed by atoms with Gasteiger partial charge in [-0.05, 0) is 62.4 Å². The van der Waals surface area contributed by atoms with Gasteiger partial charge in [-0.2, -0.15) is 0 Å². The van der Waals surface area contributed by atoms with Crippen molar-refractivity contribution < 1.29 is 22.7 Å². The van der Waals surface area contributed by atoms with Crippen molar-refractivity contribution in [2.75, 3.05) is 39.0 Å². The molecule has 1 aliphatic rings. The summed E-state index contributed by atoms with van der Waals surface area (Å²) in [6.07, 6.45) is 2.11. The Hall–Kier alpha value is -2.78. The van der Waals surface area contributed by atoms with E-state index in [2.05, 4.69) is 22.0 Å². The van der Waals surface area contributed by atoms with E-state index in [4.69, 9.17) is 9.47 Å². The van der Waals surface area contributed by atoms with Crippen LogP contribution in [0.5, 0.6) is 11.5 Å². The van der Waals surface area contributed by atoms with Gasteiger partial charge in [-0.3, -0.25) is 9.52 Å². The van der Waals surface area contributed by atoms with Crippen LogP contribution in [-0.4, -0.2) is 59.6 Å². The van der Waals surface area contributed by atoms with E-state index in [1.165, 1.54) is 32.4 Å². The number of piperidine rings is 1. The first-order valence-corrected chi connectivity index (χ1v) is 11.2. The minimum absolute atomic E-state index is 0.0337. The van der Waals surface area contributed by atoms with Gasteiger partial charge in [0.25, 0.3) is 15.9 Å². The van der Waals surface area contributed by atoms with Gasteiger partial charge in [0.05, 0.1) is 17.6 Å². The standard InChI is InChI=1S/C21H27N3O5S/c1-22-21(25)19-14-18(8-9-20(19)28-3)30(26,27)23-15-4-6-16(7-5-15)29-17-10-12-24(2)13-11-17/h4-9,14,17,23H,10-13H2,1-3H3,(H,22,25). The van der Waals surface area contributed by atoms with Crippen LogP contribution in [0.4, 0.5) is 5.69 Å². The fourth-order valence-electron chi connectivity index (χ4n) is 3.28. The van der Waals surface area contributed by atoms with Crippen molar-refractivity contribution in [2.24, 2.45) is 0 Å². The van der Waals surface area contributed by atoms with Crippen molar-refractivity contribution in [2.45, 2.75) is 23.8 Å². The summed E-state index contributed by atoms with van der Waals surface area (Å²) in [4.78, 5) is 14.3. The van der Waals surface area contributed by atoms with Gasteiger partial charge in [-0.15, -0.1) is 0 Å². The summed E-state index contributed by atoms with van der Waals surface area (Å²) in [5.74, 6) is 0.571. The highest BCUT2D eigenvalue weighted by Gasteiger charge is 2.20. The number of carbonyl (C=O) groups excluding carboxylic acids is 1. The van der Waals surface area contributed by atoms with Crippen molar-refractivity contribution in [1.82, 2.24) is 10.2 Å². The Kier molecular flexibility index (Phi) is 6.84. The third-order valence-corrected chi connectivity index (χ3v) is 6.41. The number of nitrogens with zero attached hydrogens (tertiary/aromatic N) is 1. The third-order valence-electron chi connectivity index (χ3n) is 5.03. The van der Waals surface area contributed by atoms with Crippen LogP contribution in [0.1, 0.15) is 23.2 Å². The maximum atomic E-state index is 12.8. The number of ether oxygens (including phenoxy) is 2. The van der Waals surface area contributed by atoms with Crippen molar-refractivity contribution in [3.05, 3.63) is 48.0 Å². The van der Waals surface area contributed by atoms with Gasteiger partial charge >= 0.3 is 0 Å². The lowest BCUT2D eigenvalue weighted by molar-refractivity contribution is 0.0960. The number of sulfonamides is 1. The predicted molar refractivity (Wildman–Crippen MR) is 115 cm³/mol. The second-order valence-electron chi connectivity index (χ2n) is 7.19. The summed E-state index contributed by atoms with van der Waals surface area (Å²) < 4.78 is 39.2. The number of rotatable bonds is 7. The Balaban J connectivity index is 1.71. The number of amides is 1. The van der Waals surface area contributed by atoms with Gasteiger partial charge in [0.2, 0.25) is 0 Å². The second kappa shape index (κ2) is 9.36. The minimum atomic E-state index is -3.88. The van der Waals surface area contributed by atoms with Crippen LogP contribution in [0, 0.1) is 0 Å². The van der Waals surface area contributed by atoms with Gasteiger partial charge in [0, 0.05) is 25.8 Å². The molecule has 0 atom stereocenters. The Bertz CT molecular complexity index is 984. The molecule has 2 aromatic rings. The molecule has 30 heavy (non-hydrogen) atoms. The van der Waals surface area contributed by atoms with Gasteiger partial charge in [0.1, 0.15) is 17.6 Å². The summed E-state index contributed by atoms with van der Waals surface area (Å²) in [5.41, 5.74) is 0.549. The lowest BCUT2D eigenvalue weighted by atomic mass is 10.1. The Morgan fingerprint density at radius 1 is 1.10 bits per heavy atom. The molecular weight excluding hydrogens is 406 g/mol. The SMILES string of the molecule is CNC(=O)c1cc(S(=O)(=O)Nc2ccc(OC3CCN(C)CC3)cc2)ccc1OC. The molecule has 0 spiro atoms. The number of methoxy groups -OCH3 is 1. The molecule has 2 N–H and O–H groups in total. The molecule has 1 amide bonds. The Morgan fingerprint density at radius 3 is 2.37 bits per heavy atom. The van der Waals surface area contributed by atoms with E-state index in [9.17, 15) is 13.2 Å². The summed E-state index contributed by atoms with van der Waals surface area (Å²) in [6, 6.07) is 11.0.